The smallest absolute Gasteiger partial charge is 0.272 e. The van der Waals surface area contributed by atoms with Crippen molar-refractivity contribution in [2.24, 2.45) is 23.7 Å². The van der Waals surface area contributed by atoms with Gasteiger partial charge < -0.3 is 24.9 Å². The predicted molar refractivity (Wildman–Crippen MR) is 270 cm³/mol. The van der Waals surface area contributed by atoms with Gasteiger partial charge in [-0.3, -0.25) is 38.6 Å². The number of piperidine rings is 2. The molecule has 0 spiro atoms. The standard InChI is InChI=1S/C54H69ClFN9O6/c55-33-48(66)65-19-7-12-42(35-65)40-10-6-11-41(32-40)51(68)57-50(39-8-2-1-3-9-39)54(71)64-24-22-61(23-25-64)34-37-17-20-60(21-18-37)36-49(67)62-26-28-63(29-27-62)53(70)45-30-38(15-16-46(45)56)31-47-43-13-4-5-14-44(43)52(69)59-58-47/h4-6,10-11,13-16,30,37,39,41-42,50H,1-3,7-9,12,17-29,31-36H2,(H,57,68)(H,59,69)/t41?,42-,50-/m1/s1. The average molecular weight is 995 g/mol. The summed E-state index contributed by atoms with van der Waals surface area (Å²) in [7, 11) is 0. The van der Waals surface area contributed by atoms with Crippen LogP contribution < -0.4 is 10.9 Å². The number of piperazine rings is 2. The lowest BCUT2D eigenvalue weighted by Gasteiger charge is -2.41. The summed E-state index contributed by atoms with van der Waals surface area (Å²) in [4.78, 5) is 92.0. The van der Waals surface area contributed by atoms with E-state index in [9.17, 15) is 28.8 Å². The Morgan fingerprint density at radius 2 is 1.48 bits per heavy atom. The maximum Gasteiger partial charge on any atom is 0.272 e. The summed E-state index contributed by atoms with van der Waals surface area (Å²) in [6, 6.07) is 11.1. The molecule has 1 saturated carbocycles. The Hall–Kier alpha value is -5.45. The van der Waals surface area contributed by atoms with E-state index >= 15 is 4.39 Å². The van der Waals surface area contributed by atoms with E-state index in [4.69, 9.17) is 11.6 Å². The van der Waals surface area contributed by atoms with Gasteiger partial charge in [-0.2, -0.15) is 5.10 Å². The molecule has 2 N–H and O–H groups in total. The van der Waals surface area contributed by atoms with Crippen LogP contribution in [0.4, 0.5) is 4.39 Å². The number of rotatable bonds is 13. The maximum absolute atomic E-state index is 15.1. The predicted octanol–water partition coefficient (Wildman–Crippen LogP) is 4.84. The number of aromatic amines is 1. The highest BCUT2D eigenvalue weighted by Crippen LogP contribution is 2.33. The van der Waals surface area contributed by atoms with Crippen molar-refractivity contribution < 1.29 is 28.4 Å². The lowest BCUT2D eigenvalue weighted by atomic mass is 9.81. The number of nitrogens with zero attached hydrogens (tertiary/aromatic N) is 7. The quantitative estimate of drug-likeness (QED) is 0.229. The van der Waals surface area contributed by atoms with E-state index in [0.29, 0.717) is 93.1 Å². The third kappa shape index (κ3) is 12.3. The van der Waals surface area contributed by atoms with Gasteiger partial charge in [-0.05, 0) is 99.6 Å². The molecule has 5 heterocycles. The highest BCUT2D eigenvalue weighted by Gasteiger charge is 2.38. The molecule has 5 fully saturated rings. The maximum atomic E-state index is 15.1. The van der Waals surface area contributed by atoms with E-state index in [-0.39, 0.29) is 58.4 Å². The number of alkyl halides is 1. The number of allylic oxidation sites excluding steroid dienone is 2. The topological polar surface area (TPSA) is 163 Å². The number of carbonyl (C=O) groups is 5. The first-order chi connectivity index (χ1) is 34.5. The third-order valence-corrected chi connectivity index (χ3v) is 16.4. The first-order valence-electron chi connectivity index (χ1n) is 26.1. The summed E-state index contributed by atoms with van der Waals surface area (Å²) in [5.74, 6) is -0.615. The zero-order valence-corrected chi connectivity index (χ0v) is 41.6. The second-order valence-corrected chi connectivity index (χ2v) is 21.0. The minimum Gasteiger partial charge on any atom is -0.344 e. The Bertz CT molecular complexity index is 2540. The van der Waals surface area contributed by atoms with E-state index in [0.717, 1.165) is 97.1 Å². The minimum absolute atomic E-state index is 0.0197. The van der Waals surface area contributed by atoms with Gasteiger partial charge in [0.1, 0.15) is 17.7 Å². The zero-order chi connectivity index (χ0) is 49.4. The van der Waals surface area contributed by atoms with Crippen LogP contribution in [0.1, 0.15) is 85.8 Å². The number of halogens is 2. The van der Waals surface area contributed by atoms with E-state index < -0.39 is 17.8 Å². The number of H-pyrrole nitrogens is 1. The molecule has 2 aromatic carbocycles. The molecule has 2 aliphatic carbocycles. The summed E-state index contributed by atoms with van der Waals surface area (Å²) in [5, 5.41) is 11.3. The summed E-state index contributed by atoms with van der Waals surface area (Å²) in [6.07, 6.45) is 16.0. The number of fused-ring (bicyclic) bond motifs is 1. The highest BCUT2D eigenvalue weighted by atomic mass is 35.5. The second kappa shape index (κ2) is 23.4. The first-order valence-corrected chi connectivity index (χ1v) is 26.6. The van der Waals surface area contributed by atoms with Gasteiger partial charge in [0.15, 0.2) is 0 Å². The van der Waals surface area contributed by atoms with Gasteiger partial charge in [0.2, 0.25) is 23.6 Å². The SMILES string of the molecule is O=C(N[C@@H](C(=O)N1CCN(CC2CCN(CC(=O)N3CCN(C(=O)c4cc(Cc5n[nH]c(=O)c6ccccc56)ccc4F)CC3)CC2)CC1)C1CCCCC1)C1C=CC=C([C@@H]2CCCN(C(=O)CCl)C2)C1. The molecule has 3 aromatic rings. The molecule has 4 saturated heterocycles. The van der Waals surface area contributed by atoms with Crippen molar-refractivity contribution in [3.8, 4) is 0 Å². The van der Waals surface area contributed by atoms with E-state index in [1.54, 1.807) is 34.1 Å². The van der Waals surface area contributed by atoms with Gasteiger partial charge in [-0.1, -0.05) is 67.3 Å². The summed E-state index contributed by atoms with van der Waals surface area (Å²) < 4.78 is 15.1. The largest absolute Gasteiger partial charge is 0.344 e. The van der Waals surface area contributed by atoms with Crippen molar-refractivity contribution in [3.63, 3.8) is 0 Å². The van der Waals surface area contributed by atoms with E-state index in [2.05, 4.69) is 31.4 Å². The fourth-order valence-electron chi connectivity index (χ4n) is 11.9. The molecule has 0 bridgehead atoms. The van der Waals surface area contributed by atoms with Crippen LogP contribution in [0.15, 0.2) is 71.1 Å². The van der Waals surface area contributed by atoms with Crippen molar-refractivity contribution >= 4 is 51.9 Å². The van der Waals surface area contributed by atoms with Gasteiger partial charge in [-0.15, -0.1) is 11.6 Å². The summed E-state index contributed by atoms with van der Waals surface area (Å²) in [5.41, 5.74) is 2.20. The van der Waals surface area contributed by atoms with Crippen LogP contribution in [0.25, 0.3) is 10.8 Å². The molecule has 0 radical (unpaired) electrons. The number of amides is 5. The number of hydrogen-bond acceptors (Lipinski definition) is 9. The molecule has 1 aromatic heterocycles. The van der Waals surface area contributed by atoms with Crippen LogP contribution >= 0.6 is 11.6 Å². The number of carbonyl (C=O) groups excluding carboxylic acids is 5. The first kappa shape index (κ1) is 50.5. The lowest BCUT2D eigenvalue weighted by Crippen LogP contribution is -2.58. The molecule has 15 nitrogen and oxygen atoms in total. The minimum atomic E-state index is -0.606. The molecule has 17 heteroatoms. The van der Waals surface area contributed by atoms with Crippen LogP contribution in [-0.2, 0) is 25.6 Å². The number of hydrogen-bond donors (Lipinski definition) is 2. The van der Waals surface area contributed by atoms with Gasteiger partial charge in [0.25, 0.3) is 11.5 Å². The van der Waals surface area contributed by atoms with Gasteiger partial charge in [0.05, 0.1) is 29.1 Å². The molecular weight excluding hydrogens is 925 g/mol. The molecule has 380 valence electrons. The van der Waals surface area contributed by atoms with Gasteiger partial charge in [-0.25, -0.2) is 9.49 Å². The molecule has 3 atom stereocenters. The number of likely N-dealkylation sites (tertiary alicyclic amines) is 2. The molecule has 5 amide bonds. The normalized spacial score (nSPS) is 22.6. The molecule has 71 heavy (non-hydrogen) atoms. The zero-order valence-electron chi connectivity index (χ0n) is 40.9. The van der Waals surface area contributed by atoms with Crippen LogP contribution in [0, 0.1) is 29.5 Å². The van der Waals surface area contributed by atoms with Crippen molar-refractivity contribution in [1.29, 1.82) is 0 Å². The van der Waals surface area contributed by atoms with Crippen LogP contribution in [-0.4, -0.2) is 173 Å². The Morgan fingerprint density at radius 3 is 2.23 bits per heavy atom. The molecule has 9 rings (SSSR count). The van der Waals surface area contributed by atoms with Crippen molar-refractivity contribution in [1.82, 2.24) is 44.9 Å². The van der Waals surface area contributed by atoms with Crippen LogP contribution in [0.3, 0.4) is 0 Å². The van der Waals surface area contributed by atoms with Crippen LogP contribution in [0.2, 0.25) is 0 Å². The monoisotopic (exact) mass is 994 g/mol. The summed E-state index contributed by atoms with van der Waals surface area (Å²) >= 11 is 5.87. The van der Waals surface area contributed by atoms with Crippen LogP contribution in [0.5, 0.6) is 0 Å². The fourth-order valence-corrected chi connectivity index (χ4v) is 12.1. The Kier molecular flexibility index (Phi) is 16.6. The average Bonchev–Trinajstić information content (AvgIpc) is 3.42. The Morgan fingerprint density at radius 1 is 0.761 bits per heavy atom. The molecule has 6 aliphatic rings. The Labute approximate surface area is 420 Å². The van der Waals surface area contributed by atoms with E-state index in [1.165, 1.54) is 11.6 Å². The lowest BCUT2D eigenvalue weighted by molar-refractivity contribution is -0.140. The van der Waals surface area contributed by atoms with Crippen molar-refractivity contribution in [3.05, 3.63) is 99.3 Å². The number of nitrogens with one attached hydrogen (secondary N) is 2. The highest BCUT2D eigenvalue weighted by molar-refractivity contribution is 6.27. The molecule has 1 unspecified atom stereocenters. The molecule has 4 aliphatic heterocycles. The fraction of sp³-hybridized carbons (Fsp3) is 0.574. The summed E-state index contributed by atoms with van der Waals surface area (Å²) in [6.45, 7) is 8.54. The van der Waals surface area contributed by atoms with Crippen molar-refractivity contribution in [2.75, 3.05) is 97.5 Å². The second-order valence-electron chi connectivity index (χ2n) is 20.7. The number of benzene rings is 2. The molecular formula is C54H69ClFN9O6. The number of aromatic nitrogens is 2. The van der Waals surface area contributed by atoms with Crippen molar-refractivity contribution in [2.45, 2.75) is 76.7 Å². The Balaban J connectivity index is 0.698. The van der Waals surface area contributed by atoms with Gasteiger partial charge in [0, 0.05) is 83.8 Å². The third-order valence-electron chi connectivity index (χ3n) is 16.1. The van der Waals surface area contributed by atoms with E-state index in [1.807, 2.05) is 34.1 Å². The van der Waals surface area contributed by atoms with Gasteiger partial charge >= 0.3 is 0 Å².